The lowest BCUT2D eigenvalue weighted by Gasteiger charge is -2.35. The van der Waals surface area contributed by atoms with Gasteiger partial charge in [0.05, 0.1) is 46.1 Å². The number of carbonyl (C=O) groups excluding carboxylic acids is 4. The average molecular weight is 1080 g/mol. The molecule has 0 spiro atoms. The van der Waals surface area contributed by atoms with Crippen LogP contribution in [0.2, 0.25) is 5.02 Å². The van der Waals surface area contributed by atoms with Crippen molar-refractivity contribution >= 4 is 63.6 Å². The summed E-state index contributed by atoms with van der Waals surface area (Å²) in [5.41, 5.74) is 8.80. The normalized spacial score (nSPS) is 18.7. The van der Waals surface area contributed by atoms with E-state index in [4.69, 9.17) is 16.6 Å². The van der Waals surface area contributed by atoms with Gasteiger partial charge in [-0.3, -0.25) is 38.3 Å². The standard InChI is InChI=1S/C54H66ClN13O5S2/c1-31-34(4)75-53-46(31)47(37-16-18-39(55)19-17-37)58-42(50-62-60-35(5)68(50)53)26-45(71)65-23-21-64(22-24-65)27-40-28-66(63-61-40)20-10-9-11-44(70)59-49(54(6,7)8)52(73)67-29-41(69)25-43(67)51(72)57-32(2)36-12-14-38(15-13-36)48-33(3)56-30-74-48/h12-19,28,30,32,41-43,49,69H,9-11,20-27,29H2,1-8H3,(H,57,72)(H,59,70)/t32-,41+,42-,43-,49+/m0/s1. The van der Waals surface area contributed by atoms with Crippen LogP contribution in [0, 0.1) is 33.1 Å². The van der Waals surface area contributed by atoms with E-state index in [0.717, 1.165) is 60.6 Å². The van der Waals surface area contributed by atoms with Crippen LogP contribution in [0.4, 0.5) is 0 Å². The van der Waals surface area contributed by atoms with E-state index in [0.29, 0.717) is 63.0 Å². The highest BCUT2D eigenvalue weighted by Gasteiger charge is 2.45. The second-order valence-electron chi connectivity index (χ2n) is 21.1. The number of likely N-dealkylation sites (tertiary alicyclic amines) is 1. The third-order valence-corrected chi connectivity index (χ3v) is 16.9. The molecule has 3 aliphatic rings. The van der Waals surface area contributed by atoms with Crippen LogP contribution in [-0.2, 0) is 32.3 Å². The highest BCUT2D eigenvalue weighted by atomic mass is 35.5. The van der Waals surface area contributed by atoms with Gasteiger partial charge in [0.1, 0.15) is 29.0 Å². The molecular formula is C54H66ClN13O5S2. The number of hydrogen-bond acceptors (Lipinski definition) is 14. The number of amides is 4. The van der Waals surface area contributed by atoms with Crippen LogP contribution in [-0.4, -0.2) is 135 Å². The van der Waals surface area contributed by atoms with Crippen molar-refractivity contribution < 1.29 is 24.3 Å². The van der Waals surface area contributed by atoms with Gasteiger partial charge in [-0.15, -0.1) is 38.0 Å². The van der Waals surface area contributed by atoms with Gasteiger partial charge in [0.2, 0.25) is 23.6 Å². The lowest BCUT2D eigenvalue weighted by atomic mass is 9.85. The molecule has 3 aliphatic heterocycles. The van der Waals surface area contributed by atoms with Crippen LogP contribution in [0.1, 0.15) is 122 Å². The SMILES string of the molecule is Cc1ncsc1-c1ccc([C@H](C)NC(=O)[C@@H]2C[C@@H](O)CN2C(=O)[C@@H](NC(=O)CCCCn2cc(CN3CCN(C(=O)C[C@@H]4N=C(c5ccc(Cl)cc5)c5c(sc(C)c5C)-n5c(C)nnc54)CC3)nn2)C(C)(C)C)cc1. The molecule has 0 bridgehead atoms. The number of nitrogens with zero attached hydrogens (tertiary/aromatic N) is 11. The molecule has 7 heterocycles. The van der Waals surface area contributed by atoms with Gasteiger partial charge in [0.25, 0.3) is 0 Å². The highest BCUT2D eigenvalue weighted by molar-refractivity contribution is 7.15. The summed E-state index contributed by atoms with van der Waals surface area (Å²) in [6, 6.07) is 13.0. The summed E-state index contributed by atoms with van der Waals surface area (Å²) in [4.78, 5) is 72.9. The molecule has 5 atom stereocenters. The number of aliphatic hydroxyl groups is 1. The molecule has 6 aromatic rings. The van der Waals surface area contributed by atoms with E-state index in [9.17, 15) is 24.3 Å². The number of piperazine rings is 1. The first-order valence-electron chi connectivity index (χ1n) is 25.7. The van der Waals surface area contributed by atoms with E-state index in [1.807, 2.05) is 107 Å². The number of unbranched alkanes of at least 4 members (excludes halogenated alkanes) is 1. The Morgan fingerprint density at radius 2 is 1.63 bits per heavy atom. The van der Waals surface area contributed by atoms with Gasteiger partial charge < -0.3 is 25.5 Å². The summed E-state index contributed by atoms with van der Waals surface area (Å²) < 4.78 is 3.85. The molecule has 0 saturated carbocycles. The number of thiazole rings is 1. The van der Waals surface area contributed by atoms with Crippen LogP contribution in [0.15, 0.2) is 65.2 Å². The van der Waals surface area contributed by atoms with Crippen molar-refractivity contribution in [3.05, 3.63) is 115 Å². The first-order valence-corrected chi connectivity index (χ1v) is 27.7. The van der Waals surface area contributed by atoms with Gasteiger partial charge in [0.15, 0.2) is 5.82 Å². The number of carbonyl (C=O) groups is 4. The Labute approximate surface area is 450 Å². The van der Waals surface area contributed by atoms with Crippen LogP contribution in [0.3, 0.4) is 0 Å². The van der Waals surface area contributed by atoms with Crippen molar-refractivity contribution in [2.75, 3.05) is 32.7 Å². The zero-order chi connectivity index (χ0) is 53.3. The zero-order valence-corrected chi connectivity index (χ0v) is 46.2. The molecule has 2 aromatic carbocycles. The van der Waals surface area contributed by atoms with Crippen molar-refractivity contribution in [3.8, 4) is 15.4 Å². The van der Waals surface area contributed by atoms with E-state index < -0.39 is 35.6 Å². The Kier molecular flexibility index (Phi) is 16.1. The van der Waals surface area contributed by atoms with E-state index in [1.165, 1.54) is 9.78 Å². The van der Waals surface area contributed by atoms with Crippen molar-refractivity contribution in [1.82, 2.24) is 60.1 Å². The fraction of sp³-hybridized carbons (Fsp3) is 0.481. The number of aromatic nitrogens is 7. The number of rotatable bonds is 16. The number of aliphatic imine (C=N–C) groups is 1. The second-order valence-corrected chi connectivity index (χ2v) is 23.6. The minimum Gasteiger partial charge on any atom is -0.391 e. The number of hydrogen-bond donors (Lipinski definition) is 3. The van der Waals surface area contributed by atoms with Crippen LogP contribution in [0.5, 0.6) is 0 Å². The van der Waals surface area contributed by atoms with E-state index in [-0.39, 0.29) is 49.6 Å². The predicted octanol–water partition coefficient (Wildman–Crippen LogP) is 7.10. The number of thiophene rings is 1. The lowest BCUT2D eigenvalue weighted by Crippen LogP contribution is -2.57. The van der Waals surface area contributed by atoms with Crippen molar-refractivity contribution in [2.24, 2.45) is 10.4 Å². The van der Waals surface area contributed by atoms with Crippen molar-refractivity contribution in [3.63, 3.8) is 0 Å². The van der Waals surface area contributed by atoms with Crippen LogP contribution < -0.4 is 10.6 Å². The van der Waals surface area contributed by atoms with Gasteiger partial charge >= 0.3 is 0 Å². The molecule has 4 amide bonds. The number of β-amino-alcohol motifs (C(OH)–C–C–N with tert-alkyl or cyclic N) is 1. The van der Waals surface area contributed by atoms with Crippen LogP contribution >= 0.6 is 34.3 Å². The summed E-state index contributed by atoms with van der Waals surface area (Å²) in [5, 5.41) is 36.2. The first-order chi connectivity index (χ1) is 35.8. The van der Waals surface area contributed by atoms with Gasteiger partial charge in [-0.05, 0) is 81.7 Å². The van der Waals surface area contributed by atoms with E-state index >= 15 is 0 Å². The molecule has 0 aliphatic carbocycles. The fourth-order valence-corrected chi connectivity index (χ4v) is 12.3. The predicted molar refractivity (Wildman–Crippen MR) is 290 cm³/mol. The van der Waals surface area contributed by atoms with Crippen molar-refractivity contribution in [1.29, 1.82) is 0 Å². The summed E-state index contributed by atoms with van der Waals surface area (Å²) in [7, 11) is 0. The molecule has 396 valence electrons. The number of aliphatic hydroxyl groups excluding tert-OH is 1. The number of nitrogens with one attached hydrogen (secondary N) is 2. The molecule has 3 N–H and O–H groups in total. The zero-order valence-electron chi connectivity index (χ0n) is 43.8. The minimum atomic E-state index is -0.912. The molecule has 75 heavy (non-hydrogen) atoms. The molecule has 4 aromatic heterocycles. The molecule has 18 nitrogen and oxygen atoms in total. The highest BCUT2D eigenvalue weighted by Crippen LogP contribution is 2.40. The average Bonchev–Trinajstić information content (AvgIpc) is 4.24. The summed E-state index contributed by atoms with van der Waals surface area (Å²) >= 11 is 9.55. The molecular weight excluding hydrogens is 1010 g/mol. The smallest absolute Gasteiger partial charge is 0.246 e. The Balaban J connectivity index is 0.732. The topological polar surface area (TPSA) is 209 Å². The van der Waals surface area contributed by atoms with Gasteiger partial charge in [-0.1, -0.05) is 74.0 Å². The number of halogens is 1. The molecule has 2 saturated heterocycles. The second kappa shape index (κ2) is 22.6. The largest absolute Gasteiger partial charge is 0.391 e. The van der Waals surface area contributed by atoms with Crippen molar-refractivity contribution in [2.45, 2.75) is 131 Å². The van der Waals surface area contributed by atoms with Crippen LogP contribution in [0.25, 0.3) is 15.4 Å². The lowest BCUT2D eigenvalue weighted by molar-refractivity contribution is -0.144. The first kappa shape index (κ1) is 53.6. The number of aryl methyl sites for hydroxylation is 4. The van der Waals surface area contributed by atoms with E-state index in [2.05, 4.69) is 59.4 Å². The Morgan fingerprint density at radius 3 is 2.32 bits per heavy atom. The molecule has 21 heteroatoms. The Morgan fingerprint density at radius 1 is 0.907 bits per heavy atom. The Hall–Kier alpha value is -6.19. The fourth-order valence-electron chi connectivity index (χ4n) is 10.1. The van der Waals surface area contributed by atoms with Gasteiger partial charge in [0, 0.05) is 85.9 Å². The quantitative estimate of drug-likeness (QED) is 0.0833. The van der Waals surface area contributed by atoms with Gasteiger partial charge in [-0.2, -0.15) is 0 Å². The summed E-state index contributed by atoms with van der Waals surface area (Å²) in [6.45, 7) is 19.3. The number of fused-ring (bicyclic) bond motifs is 3. The maximum Gasteiger partial charge on any atom is 0.246 e. The molecule has 0 radical (unpaired) electrons. The van der Waals surface area contributed by atoms with Gasteiger partial charge in [-0.25, -0.2) is 4.98 Å². The summed E-state index contributed by atoms with van der Waals surface area (Å²) in [6.07, 6.45) is 2.73. The number of benzene rings is 2. The molecule has 9 rings (SSSR count). The molecule has 0 unspecified atom stereocenters. The minimum absolute atomic E-state index is 0.000574. The van der Waals surface area contributed by atoms with E-state index in [1.54, 1.807) is 27.4 Å². The molecule has 2 fully saturated rings. The summed E-state index contributed by atoms with van der Waals surface area (Å²) in [5.74, 6) is 0.394. The third-order valence-electron chi connectivity index (χ3n) is 14.5. The Bertz CT molecular complexity index is 3080. The third kappa shape index (κ3) is 11.9. The monoisotopic (exact) mass is 1080 g/mol. The maximum atomic E-state index is 14.2. The maximum absolute atomic E-state index is 14.2.